The Morgan fingerprint density at radius 2 is 1.88 bits per heavy atom. The molecule has 89 valence electrons. The first kappa shape index (κ1) is 13.2. The van der Waals surface area contributed by atoms with E-state index >= 15 is 0 Å². The lowest BCUT2D eigenvalue weighted by molar-refractivity contribution is 0.431. The quantitative estimate of drug-likeness (QED) is 0.765. The lowest BCUT2D eigenvalue weighted by Gasteiger charge is -2.19. The van der Waals surface area contributed by atoms with Crippen molar-refractivity contribution in [1.29, 1.82) is 0 Å². The molecule has 4 heteroatoms. The van der Waals surface area contributed by atoms with Crippen molar-refractivity contribution in [1.82, 2.24) is 4.31 Å². The van der Waals surface area contributed by atoms with Gasteiger partial charge >= 0.3 is 0 Å². The fourth-order valence-corrected chi connectivity index (χ4v) is 2.84. The number of nitrogens with zero attached hydrogens (tertiary/aromatic N) is 1. The molecule has 0 bridgehead atoms. The van der Waals surface area contributed by atoms with Crippen LogP contribution in [0.2, 0.25) is 0 Å². The first-order valence-electron chi connectivity index (χ1n) is 5.47. The summed E-state index contributed by atoms with van der Waals surface area (Å²) in [6.07, 6.45) is 1.84. The predicted molar refractivity (Wildman–Crippen MR) is 65.5 cm³/mol. The Kier molecular flexibility index (Phi) is 4.96. The SMILES string of the molecule is [CH2]CN(CCCC)S(=O)(=O)c1ccccc1. The standard InChI is InChI=1S/C12H18NO2S/c1-3-5-11-13(4-2)16(14,15)12-9-7-6-8-10-12/h6-10H,2-5,11H2,1H3. The van der Waals surface area contributed by atoms with E-state index in [0.717, 1.165) is 12.8 Å². The molecule has 3 nitrogen and oxygen atoms in total. The van der Waals surface area contributed by atoms with Crippen LogP contribution in [0, 0.1) is 6.92 Å². The summed E-state index contributed by atoms with van der Waals surface area (Å²) in [6, 6.07) is 8.50. The van der Waals surface area contributed by atoms with Crippen LogP contribution in [0.25, 0.3) is 0 Å². The van der Waals surface area contributed by atoms with Crippen molar-refractivity contribution < 1.29 is 8.42 Å². The van der Waals surface area contributed by atoms with Gasteiger partial charge in [0.1, 0.15) is 0 Å². The molecule has 0 heterocycles. The Hall–Kier alpha value is -0.870. The van der Waals surface area contributed by atoms with Gasteiger partial charge in [-0.05, 0) is 25.5 Å². The van der Waals surface area contributed by atoms with Crippen molar-refractivity contribution >= 4 is 10.0 Å². The lowest BCUT2D eigenvalue weighted by Crippen LogP contribution is -2.31. The fraction of sp³-hybridized carbons (Fsp3) is 0.417. The van der Waals surface area contributed by atoms with Gasteiger partial charge in [-0.3, -0.25) is 0 Å². The third-order valence-electron chi connectivity index (χ3n) is 2.39. The third kappa shape index (κ3) is 3.06. The highest BCUT2D eigenvalue weighted by Crippen LogP contribution is 2.15. The van der Waals surface area contributed by atoms with Crippen molar-refractivity contribution in [2.24, 2.45) is 0 Å². The van der Waals surface area contributed by atoms with E-state index in [4.69, 9.17) is 0 Å². The summed E-state index contributed by atoms with van der Waals surface area (Å²) in [5, 5.41) is 0. The Morgan fingerprint density at radius 1 is 1.25 bits per heavy atom. The second-order valence-corrected chi connectivity index (χ2v) is 5.51. The van der Waals surface area contributed by atoms with Crippen molar-refractivity contribution in [3.8, 4) is 0 Å². The number of rotatable bonds is 6. The molecule has 0 aliphatic rings. The minimum absolute atomic E-state index is 0.275. The normalized spacial score (nSPS) is 11.9. The van der Waals surface area contributed by atoms with E-state index in [-0.39, 0.29) is 6.54 Å². The molecule has 0 N–H and O–H groups in total. The van der Waals surface area contributed by atoms with E-state index in [0.29, 0.717) is 11.4 Å². The summed E-state index contributed by atoms with van der Waals surface area (Å²) < 4.78 is 25.7. The number of hydrogen-bond acceptors (Lipinski definition) is 2. The van der Waals surface area contributed by atoms with Gasteiger partial charge in [-0.25, -0.2) is 8.42 Å². The van der Waals surface area contributed by atoms with Crippen LogP contribution in [0.15, 0.2) is 35.2 Å². The average molecular weight is 240 g/mol. The van der Waals surface area contributed by atoms with Gasteiger partial charge in [-0.2, -0.15) is 4.31 Å². The predicted octanol–water partition coefficient (Wildman–Crippen LogP) is 2.31. The second kappa shape index (κ2) is 6.01. The Balaban J connectivity index is 2.91. The topological polar surface area (TPSA) is 37.4 Å². The summed E-state index contributed by atoms with van der Waals surface area (Å²) in [4.78, 5) is 0.342. The van der Waals surface area contributed by atoms with Gasteiger partial charge in [-0.1, -0.05) is 31.5 Å². The highest BCUT2D eigenvalue weighted by molar-refractivity contribution is 7.89. The van der Waals surface area contributed by atoms with Crippen LogP contribution in [-0.2, 0) is 10.0 Å². The smallest absolute Gasteiger partial charge is 0.207 e. The van der Waals surface area contributed by atoms with Gasteiger partial charge in [-0.15, -0.1) is 0 Å². The number of unbranched alkanes of at least 4 members (excludes halogenated alkanes) is 1. The van der Waals surface area contributed by atoms with Gasteiger partial charge < -0.3 is 0 Å². The van der Waals surface area contributed by atoms with Crippen LogP contribution < -0.4 is 0 Å². The molecule has 0 spiro atoms. The van der Waals surface area contributed by atoms with Crippen molar-refractivity contribution in [2.75, 3.05) is 13.1 Å². The molecule has 0 unspecified atom stereocenters. The second-order valence-electron chi connectivity index (χ2n) is 3.57. The summed E-state index contributed by atoms with van der Waals surface area (Å²) in [5.74, 6) is 0. The van der Waals surface area contributed by atoms with Crippen LogP contribution in [0.3, 0.4) is 0 Å². The highest BCUT2D eigenvalue weighted by atomic mass is 32.2. The molecule has 0 aliphatic heterocycles. The van der Waals surface area contributed by atoms with E-state index in [2.05, 4.69) is 6.92 Å². The van der Waals surface area contributed by atoms with Crippen LogP contribution >= 0.6 is 0 Å². The third-order valence-corrected chi connectivity index (χ3v) is 4.30. The number of benzene rings is 1. The van der Waals surface area contributed by atoms with Crippen molar-refractivity contribution in [3.05, 3.63) is 37.3 Å². The summed E-state index contributed by atoms with van der Waals surface area (Å²) in [6.45, 7) is 6.53. The summed E-state index contributed by atoms with van der Waals surface area (Å²) in [7, 11) is -3.35. The van der Waals surface area contributed by atoms with Crippen LogP contribution in [0.4, 0.5) is 0 Å². The Bertz CT molecular complexity index is 400. The first-order valence-corrected chi connectivity index (χ1v) is 6.91. The lowest BCUT2D eigenvalue weighted by atomic mass is 10.3. The largest absolute Gasteiger partial charge is 0.243 e. The van der Waals surface area contributed by atoms with Crippen LogP contribution in [-0.4, -0.2) is 25.8 Å². The zero-order valence-corrected chi connectivity index (χ0v) is 10.4. The molecule has 1 rings (SSSR count). The minimum atomic E-state index is -3.35. The van der Waals surface area contributed by atoms with Gasteiger partial charge in [0.2, 0.25) is 10.0 Å². The Labute approximate surface area is 98.1 Å². The molecule has 1 aromatic rings. The molecule has 0 fully saturated rings. The van der Waals surface area contributed by atoms with Crippen LogP contribution in [0.5, 0.6) is 0 Å². The number of hydrogen-bond donors (Lipinski definition) is 0. The highest BCUT2D eigenvalue weighted by Gasteiger charge is 2.21. The summed E-state index contributed by atoms with van der Waals surface area (Å²) >= 11 is 0. The number of sulfonamides is 1. The molecule has 0 aromatic heterocycles. The molecule has 16 heavy (non-hydrogen) atoms. The average Bonchev–Trinajstić information content (AvgIpc) is 2.31. The maximum atomic E-state index is 12.2. The zero-order chi connectivity index (χ0) is 12.0. The summed E-state index contributed by atoms with van der Waals surface area (Å²) in [5.41, 5.74) is 0. The molecular formula is C12H18NO2S. The molecular weight excluding hydrogens is 222 g/mol. The fourth-order valence-electron chi connectivity index (χ4n) is 1.43. The van der Waals surface area contributed by atoms with Gasteiger partial charge in [0.25, 0.3) is 0 Å². The molecule has 0 amide bonds. The van der Waals surface area contributed by atoms with Crippen molar-refractivity contribution in [2.45, 2.75) is 24.7 Å². The van der Waals surface area contributed by atoms with Gasteiger partial charge in [0, 0.05) is 13.1 Å². The molecule has 1 aromatic carbocycles. The Morgan fingerprint density at radius 3 is 2.38 bits per heavy atom. The molecule has 0 aliphatic carbocycles. The van der Waals surface area contributed by atoms with Crippen LogP contribution in [0.1, 0.15) is 19.8 Å². The molecule has 1 radical (unpaired) electrons. The minimum Gasteiger partial charge on any atom is -0.207 e. The van der Waals surface area contributed by atoms with E-state index in [1.165, 1.54) is 4.31 Å². The zero-order valence-electron chi connectivity index (χ0n) is 9.59. The van der Waals surface area contributed by atoms with Gasteiger partial charge in [0.05, 0.1) is 4.90 Å². The molecule has 0 saturated carbocycles. The monoisotopic (exact) mass is 240 g/mol. The van der Waals surface area contributed by atoms with Crippen molar-refractivity contribution in [3.63, 3.8) is 0 Å². The maximum absolute atomic E-state index is 12.2. The maximum Gasteiger partial charge on any atom is 0.243 e. The van der Waals surface area contributed by atoms with E-state index < -0.39 is 10.0 Å². The first-order chi connectivity index (χ1) is 7.62. The van der Waals surface area contributed by atoms with E-state index in [1.807, 2.05) is 6.92 Å². The van der Waals surface area contributed by atoms with Gasteiger partial charge in [0.15, 0.2) is 0 Å². The van der Waals surface area contributed by atoms with E-state index in [9.17, 15) is 8.42 Å². The van der Waals surface area contributed by atoms with E-state index in [1.54, 1.807) is 30.3 Å². The molecule has 0 saturated heterocycles. The molecule has 0 atom stereocenters.